The number of aliphatic carboxylic acids is 1. The molecule has 0 radical (unpaired) electrons. The average Bonchev–Trinajstić information content (AvgIpc) is 1.87. The highest BCUT2D eigenvalue weighted by Gasteiger charge is 2.11. The normalized spacial score (nSPS) is 15.7. The molecule has 4 N–H and O–H groups in total. The number of hydrogen-bond donors (Lipinski definition) is 4. The summed E-state index contributed by atoms with van der Waals surface area (Å²) in [6.07, 6.45) is 0.910. The van der Waals surface area contributed by atoms with Gasteiger partial charge < -0.3 is 16.2 Å². The van der Waals surface area contributed by atoms with Crippen LogP contribution in [0.5, 0.6) is 0 Å². The largest absolute Gasteiger partial charge is 0.480 e. The summed E-state index contributed by atoms with van der Waals surface area (Å²) in [5.41, 5.74) is 4.94. The van der Waals surface area contributed by atoms with Crippen molar-refractivity contribution in [2.45, 2.75) is 6.04 Å². The first kappa shape index (κ1) is 7.27. The summed E-state index contributed by atoms with van der Waals surface area (Å²) in [5, 5.41) is 10.9. The number of nitrogens with two attached hydrogens (primary N) is 1. The van der Waals surface area contributed by atoms with E-state index in [1.54, 1.807) is 0 Å². The highest BCUT2D eigenvalue weighted by molar-refractivity contribution is 7.80. The molecule has 0 spiro atoms. The molecule has 0 bridgehead atoms. The molecule has 4 nitrogen and oxygen atoms in total. The SMILES string of the molecule is [2H]C(N)=CN[C@@H](CS)C(=O)O. The van der Waals surface area contributed by atoms with E-state index in [1.165, 1.54) is 0 Å². The van der Waals surface area contributed by atoms with Crippen molar-refractivity contribution in [2.24, 2.45) is 5.73 Å². The number of hydrogen-bond acceptors (Lipinski definition) is 4. The third-order valence-electron chi connectivity index (χ3n) is 0.849. The zero-order valence-electron chi connectivity index (χ0n) is 6.24. The third-order valence-corrected chi connectivity index (χ3v) is 1.21. The summed E-state index contributed by atoms with van der Waals surface area (Å²) >= 11 is 3.78. The molecule has 0 heterocycles. The monoisotopic (exact) mass is 163 g/mol. The van der Waals surface area contributed by atoms with Gasteiger partial charge in [0.05, 0.1) is 1.37 Å². The van der Waals surface area contributed by atoms with E-state index in [-0.39, 0.29) is 11.9 Å². The quantitative estimate of drug-likeness (QED) is 0.417. The van der Waals surface area contributed by atoms with Gasteiger partial charge in [0.1, 0.15) is 6.04 Å². The van der Waals surface area contributed by atoms with Crippen LogP contribution in [0.2, 0.25) is 0 Å². The van der Waals surface area contributed by atoms with Crippen LogP contribution in [0.25, 0.3) is 0 Å². The number of carboxylic acids is 1. The molecule has 0 amide bonds. The van der Waals surface area contributed by atoms with E-state index in [2.05, 4.69) is 17.9 Å². The molecule has 0 aromatic rings. The van der Waals surface area contributed by atoms with Crippen LogP contribution in [0.15, 0.2) is 12.4 Å². The van der Waals surface area contributed by atoms with Gasteiger partial charge in [-0.3, -0.25) is 0 Å². The van der Waals surface area contributed by atoms with Crippen molar-refractivity contribution in [1.82, 2.24) is 5.32 Å². The van der Waals surface area contributed by atoms with Crippen molar-refractivity contribution in [3.05, 3.63) is 12.4 Å². The fourth-order valence-corrected chi connectivity index (χ4v) is 0.612. The van der Waals surface area contributed by atoms with Gasteiger partial charge in [-0.2, -0.15) is 12.6 Å². The van der Waals surface area contributed by atoms with Crippen LogP contribution in [-0.4, -0.2) is 22.9 Å². The minimum Gasteiger partial charge on any atom is -0.480 e. The van der Waals surface area contributed by atoms with Crippen molar-refractivity contribution in [3.8, 4) is 0 Å². The number of carbonyl (C=O) groups is 1. The third kappa shape index (κ3) is 3.24. The molecule has 0 rings (SSSR count). The molecule has 0 aliphatic heterocycles. The first-order valence-electron chi connectivity index (χ1n) is 3.10. The molecule has 0 saturated heterocycles. The van der Waals surface area contributed by atoms with E-state index in [0.29, 0.717) is 0 Å². The molecule has 0 aliphatic rings. The summed E-state index contributed by atoms with van der Waals surface area (Å²) in [4.78, 5) is 10.3. The predicted octanol–water partition coefficient (Wildman–Crippen LogP) is -0.611. The van der Waals surface area contributed by atoms with E-state index in [9.17, 15) is 4.79 Å². The Labute approximate surface area is 65.9 Å². The molecular weight excluding hydrogens is 152 g/mol. The van der Waals surface area contributed by atoms with Gasteiger partial charge in [-0.15, -0.1) is 0 Å². The lowest BCUT2D eigenvalue weighted by Crippen LogP contribution is -2.34. The summed E-state index contributed by atoms with van der Waals surface area (Å²) in [5.74, 6) is -0.864. The molecule has 5 heteroatoms. The first-order valence-corrected chi connectivity index (χ1v) is 3.23. The van der Waals surface area contributed by atoms with Crippen molar-refractivity contribution in [3.63, 3.8) is 0 Å². The molecule has 0 saturated carbocycles. The maximum atomic E-state index is 10.3. The zero-order chi connectivity index (χ0) is 8.85. The highest BCUT2D eigenvalue weighted by Crippen LogP contribution is 1.86. The molecule has 1 atom stereocenters. The van der Waals surface area contributed by atoms with E-state index >= 15 is 0 Å². The van der Waals surface area contributed by atoms with Gasteiger partial charge >= 0.3 is 5.97 Å². The fourth-order valence-electron chi connectivity index (χ4n) is 0.351. The lowest BCUT2D eigenvalue weighted by Gasteiger charge is -2.07. The highest BCUT2D eigenvalue weighted by atomic mass is 32.1. The smallest absolute Gasteiger partial charge is 0.326 e. The van der Waals surface area contributed by atoms with E-state index in [1.807, 2.05) is 0 Å². The number of thiol groups is 1. The van der Waals surface area contributed by atoms with E-state index in [0.717, 1.165) is 6.20 Å². The lowest BCUT2D eigenvalue weighted by atomic mass is 10.3. The van der Waals surface area contributed by atoms with Gasteiger partial charge in [-0.05, 0) is 0 Å². The fraction of sp³-hybridized carbons (Fsp3) is 0.400. The molecule has 10 heavy (non-hydrogen) atoms. The standard InChI is InChI=1S/C5H10N2O2S/c6-1-2-7-4(3-10)5(8)9/h1-2,4,7,10H,3,6H2,(H,8,9)/t4-/m0/s1/i1D. The zero-order valence-corrected chi connectivity index (χ0v) is 6.14. The van der Waals surface area contributed by atoms with Crippen LogP contribution < -0.4 is 11.1 Å². The molecule has 0 fully saturated rings. The Kier molecular flexibility index (Phi) is 3.62. The van der Waals surface area contributed by atoms with E-state index in [4.69, 9.17) is 12.2 Å². The molecule has 0 aromatic heterocycles. The Morgan fingerprint density at radius 2 is 2.70 bits per heavy atom. The Morgan fingerprint density at radius 3 is 3.00 bits per heavy atom. The van der Waals surface area contributed by atoms with Crippen LogP contribution in [0.3, 0.4) is 0 Å². The van der Waals surface area contributed by atoms with Crippen molar-refractivity contribution in [1.29, 1.82) is 0 Å². The first-order chi connectivity index (χ1) is 5.07. The minimum atomic E-state index is -1.02. The Hall–Kier alpha value is -0.840. The average molecular weight is 163 g/mol. The van der Waals surface area contributed by atoms with Crippen molar-refractivity contribution in [2.75, 3.05) is 5.75 Å². The van der Waals surface area contributed by atoms with Gasteiger partial charge in [0, 0.05) is 18.1 Å². The molecule has 58 valence electrons. The van der Waals surface area contributed by atoms with Gasteiger partial charge in [-0.1, -0.05) is 0 Å². The maximum absolute atomic E-state index is 10.3. The molecular formula is C5H10N2O2S. The van der Waals surface area contributed by atoms with Gasteiger partial charge in [0.2, 0.25) is 0 Å². The Morgan fingerprint density at radius 1 is 2.10 bits per heavy atom. The second kappa shape index (κ2) is 4.99. The number of rotatable bonds is 4. The van der Waals surface area contributed by atoms with Gasteiger partial charge in [0.25, 0.3) is 0 Å². The number of carboxylic acid groups (broad SMARTS) is 1. The van der Waals surface area contributed by atoms with Crippen LogP contribution in [0.1, 0.15) is 1.37 Å². The van der Waals surface area contributed by atoms with Gasteiger partial charge in [-0.25, -0.2) is 4.79 Å². The van der Waals surface area contributed by atoms with Crippen molar-refractivity contribution >= 4 is 18.6 Å². The topological polar surface area (TPSA) is 75.3 Å². The second-order valence-electron chi connectivity index (χ2n) is 1.55. The van der Waals surface area contributed by atoms with Crippen LogP contribution in [0, 0.1) is 0 Å². The predicted molar refractivity (Wildman–Crippen MR) is 41.7 cm³/mol. The van der Waals surface area contributed by atoms with Crippen LogP contribution in [-0.2, 0) is 4.79 Å². The summed E-state index contributed by atoms with van der Waals surface area (Å²) in [6, 6.07) is -0.790. The summed E-state index contributed by atoms with van der Waals surface area (Å²) in [7, 11) is 0. The summed E-state index contributed by atoms with van der Waals surface area (Å²) < 4.78 is 6.75. The van der Waals surface area contributed by atoms with Crippen molar-refractivity contribution < 1.29 is 11.3 Å². The maximum Gasteiger partial charge on any atom is 0.326 e. The molecule has 0 aliphatic carbocycles. The van der Waals surface area contributed by atoms with E-state index < -0.39 is 12.0 Å². The Balaban J connectivity index is 3.89. The van der Waals surface area contributed by atoms with Crippen LogP contribution in [0.4, 0.5) is 0 Å². The molecule has 0 aromatic carbocycles. The Bertz CT molecular complexity index is 170. The number of nitrogens with one attached hydrogen (secondary N) is 1. The molecule has 0 unspecified atom stereocenters. The van der Waals surface area contributed by atoms with Crippen LogP contribution >= 0.6 is 12.6 Å². The minimum absolute atomic E-state index is 0.152. The van der Waals surface area contributed by atoms with Gasteiger partial charge in [0.15, 0.2) is 0 Å². The second-order valence-corrected chi connectivity index (χ2v) is 1.92. The lowest BCUT2D eigenvalue weighted by molar-refractivity contribution is -0.138. The summed E-state index contributed by atoms with van der Waals surface area (Å²) in [6.45, 7) is 0.